The van der Waals surface area contributed by atoms with E-state index in [2.05, 4.69) is 5.32 Å². The van der Waals surface area contributed by atoms with Crippen molar-refractivity contribution in [3.8, 4) is 0 Å². The van der Waals surface area contributed by atoms with Crippen LogP contribution in [0.3, 0.4) is 0 Å². The van der Waals surface area contributed by atoms with Crippen molar-refractivity contribution in [2.75, 3.05) is 19.8 Å². The number of rotatable bonds is 6. The van der Waals surface area contributed by atoms with Gasteiger partial charge < -0.3 is 15.2 Å². The Morgan fingerprint density at radius 1 is 1.33 bits per heavy atom. The first-order valence-corrected chi connectivity index (χ1v) is 6.32. The Morgan fingerprint density at radius 2 is 2.06 bits per heavy atom. The summed E-state index contributed by atoms with van der Waals surface area (Å²) in [7, 11) is 0. The Morgan fingerprint density at radius 3 is 2.67 bits per heavy atom. The molecular formula is C14H19NO3. The van der Waals surface area contributed by atoms with E-state index in [1.165, 1.54) is 5.56 Å². The number of nitrogens with one attached hydrogen (secondary N) is 1. The minimum Gasteiger partial charge on any atom is -0.481 e. The highest BCUT2D eigenvalue weighted by Crippen LogP contribution is 2.11. The molecule has 0 bridgehead atoms. The minimum atomic E-state index is -0.790. The summed E-state index contributed by atoms with van der Waals surface area (Å²) >= 11 is 0. The second kappa shape index (κ2) is 6.52. The Balaban J connectivity index is 1.73. The quantitative estimate of drug-likeness (QED) is 0.801. The van der Waals surface area contributed by atoms with Gasteiger partial charge in [-0.05, 0) is 23.5 Å². The Kier molecular flexibility index (Phi) is 4.73. The lowest BCUT2D eigenvalue weighted by atomic mass is 10.1. The molecular weight excluding hydrogens is 230 g/mol. The lowest BCUT2D eigenvalue weighted by molar-refractivity contribution is -0.136. The van der Waals surface area contributed by atoms with Crippen LogP contribution in [0.1, 0.15) is 17.5 Å². The maximum atomic E-state index is 10.5. The van der Waals surface area contributed by atoms with Crippen LogP contribution >= 0.6 is 0 Å². The highest BCUT2D eigenvalue weighted by Gasteiger charge is 2.14. The van der Waals surface area contributed by atoms with Crippen molar-refractivity contribution in [2.24, 2.45) is 5.92 Å². The lowest BCUT2D eigenvalue weighted by Crippen LogP contribution is -2.22. The van der Waals surface area contributed by atoms with Gasteiger partial charge >= 0.3 is 5.97 Å². The maximum Gasteiger partial charge on any atom is 0.307 e. The molecule has 0 spiro atoms. The van der Waals surface area contributed by atoms with Crippen LogP contribution in [-0.4, -0.2) is 30.8 Å². The summed E-state index contributed by atoms with van der Waals surface area (Å²) < 4.78 is 5.32. The number of hydrogen-bond donors (Lipinski definition) is 2. The van der Waals surface area contributed by atoms with Gasteiger partial charge in [-0.3, -0.25) is 4.79 Å². The van der Waals surface area contributed by atoms with Crippen molar-refractivity contribution in [3.63, 3.8) is 0 Å². The van der Waals surface area contributed by atoms with Crippen LogP contribution in [0.4, 0.5) is 0 Å². The molecule has 2 rings (SSSR count). The van der Waals surface area contributed by atoms with Crippen molar-refractivity contribution in [1.29, 1.82) is 0 Å². The molecule has 1 atom stereocenters. The molecule has 1 fully saturated rings. The summed E-state index contributed by atoms with van der Waals surface area (Å²) in [5, 5.41) is 12.1. The molecule has 0 aromatic heterocycles. The minimum absolute atomic E-state index is 0.0904. The second-order valence-corrected chi connectivity index (χ2v) is 4.75. The first-order chi connectivity index (χ1) is 8.74. The number of aliphatic carboxylic acids is 1. The van der Waals surface area contributed by atoms with Crippen molar-refractivity contribution < 1.29 is 14.6 Å². The summed E-state index contributed by atoms with van der Waals surface area (Å²) in [5.74, 6) is -0.154. The van der Waals surface area contributed by atoms with Gasteiger partial charge in [0.05, 0.1) is 13.0 Å². The Hall–Kier alpha value is -1.39. The van der Waals surface area contributed by atoms with Gasteiger partial charge in [0.1, 0.15) is 0 Å². The van der Waals surface area contributed by atoms with Crippen molar-refractivity contribution in [3.05, 3.63) is 35.4 Å². The molecule has 4 heteroatoms. The molecule has 1 aliphatic heterocycles. The number of hydrogen-bond acceptors (Lipinski definition) is 3. The third kappa shape index (κ3) is 4.13. The largest absolute Gasteiger partial charge is 0.481 e. The van der Waals surface area contributed by atoms with Crippen LogP contribution < -0.4 is 5.32 Å². The van der Waals surface area contributed by atoms with E-state index in [-0.39, 0.29) is 6.42 Å². The fourth-order valence-corrected chi connectivity index (χ4v) is 2.11. The zero-order valence-electron chi connectivity index (χ0n) is 10.4. The zero-order chi connectivity index (χ0) is 12.8. The van der Waals surface area contributed by atoms with E-state index in [0.717, 1.165) is 38.3 Å². The number of carboxylic acid groups (broad SMARTS) is 1. The van der Waals surface area contributed by atoms with Gasteiger partial charge in [0.25, 0.3) is 0 Å². The first-order valence-electron chi connectivity index (χ1n) is 6.32. The molecule has 1 aliphatic rings. The van der Waals surface area contributed by atoms with E-state index < -0.39 is 5.97 Å². The van der Waals surface area contributed by atoms with Crippen LogP contribution in [0.2, 0.25) is 0 Å². The summed E-state index contributed by atoms with van der Waals surface area (Å²) in [4.78, 5) is 10.5. The smallest absolute Gasteiger partial charge is 0.307 e. The summed E-state index contributed by atoms with van der Waals surface area (Å²) in [6.07, 6.45) is 1.23. The second-order valence-electron chi connectivity index (χ2n) is 4.75. The molecule has 1 unspecified atom stereocenters. The number of carbonyl (C=O) groups is 1. The molecule has 18 heavy (non-hydrogen) atoms. The fourth-order valence-electron chi connectivity index (χ4n) is 2.11. The van der Waals surface area contributed by atoms with Crippen LogP contribution in [-0.2, 0) is 22.5 Å². The van der Waals surface area contributed by atoms with Gasteiger partial charge in [-0.2, -0.15) is 0 Å². The van der Waals surface area contributed by atoms with E-state index >= 15 is 0 Å². The van der Waals surface area contributed by atoms with Crippen molar-refractivity contribution in [1.82, 2.24) is 5.32 Å². The molecule has 4 nitrogen and oxygen atoms in total. The molecule has 0 amide bonds. The van der Waals surface area contributed by atoms with Crippen molar-refractivity contribution >= 4 is 5.97 Å². The standard InChI is InChI=1S/C14H19NO3/c16-14(17)7-11-1-3-12(4-2-11)8-15-9-13-5-6-18-10-13/h1-4,13,15H,5-10H2,(H,16,17). The molecule has 1 aromatic carbocycles. The molecule has 1 saturated heterocycles. The molecule has 0 radical (unpaired) electrons. The van der Waals surface area contributed by atoms with Crippen molar-refractivity contribution in [2.45, 2.75) is 19.4 Å². The van der Waals surface area contributed by atoms with Gasteiger partial charge in [0.15, 0.2) is 0 Å². The van der Waals surface area contributed by atoms with Gasteiger partial charge in [0.2, 0.25) is 0 Å². The highest BCUT2D eigenvalue weighted by atomic mass is 16.5. The van der Waals surface area contributed by atoms with Crippen LogP contribution in [0.25, 0.3) is 0 Å². The molecule has 98 valence electrons. The van der Waals surface area contributed by atoms with Gasteiger partial charge in [0, 0.05) is 19.7 Å². The number of carboxylic acids is 1. The zero-order valence-corrected chi connectivity index (χ0v) is 10.4. The average molecular weight is 249 g/mol. The fraction of sp³-hybridized carbons (Fsp3) is 0.500. The summed E-state index contributed by atoms with van der Waals surface area (Å²) in [5.41, 5.74) is 2.03. The number of ether oxygens (including phenoxy) is 1. The normalized spacial score (nSPS) is 19.0. The molecule has 1 aromatic rings. The third-order valence-electron chi connectivity index (χ3n) is 3.16. The molecule has 1 heterocycles. The van der Waals surface area contributed by atoms with Gasteiger partial charge in [-0.15, -0.1) is 0 Å². The van der Waals surface area contributed by atoms with Crippen LogP contribution in [0.5, 0.6) is 0 Å². The van der Waals surface area contributed by atoms with Gasteiger partial charge in [-0.25, -0.2) is 0 Å². The predicted octanol–water partition coefficient (Wildman–Crippen LogP) is 1.44. The molecule has 2 N–H and O–H groups in total. The predicted molar refractivity (Wildman–Crippen MR) is 68.4 cm³/mol. The lowest BCUT2D eigenvalue weighted by Gasteiger charge is -2.09. The average Bonchev–Trinajstić information content (AvgIpc) is 2.84. The number of benzene rings is 1. The highest BCUT2D eigenvalue weighted by molar-refractivity contribution is 5.70. The Bertz CT molecular complexity index is 383. The maximum absolute atomic E-state index is 10.5. The van der Waals surface area contributed by atoms with E-state index in [1.807, 2.05) is 24.3 Å². The third-order valence-corrected chi connectivity index (χ3v) is 3.16. The van der Waals surface area contributed by atoms with E-state index in [0.29, 0.717) is 5.92 Å². The topological polar surface area (TPSA) is 58.6 Å². The van der Waals surface area contributed by atoms with E-state index in [9.17, 15) is 4.79 Å². The molecule has 0 saturated carbocycles. The van der Waals surface area contributed by atoms with E-state index in [4.69, 9.17) is 9.84 Å². The monoisotopic (exact) mass is 249 g/mol. The SMILES string of the molecule is O=C(O)Cc1ccc(CNCC2CCOC2)cc1. The van der Waals surface area contributed by atoms with Crippen LogP contribution in [0.15, 0.2) is 24.3 Å². The molecule has 0 aliphatic carbocycles. The summed E-state index contributed by atoms with van der Waals surface area (Å²) in [6, 6.07) is 7.72. The van der Waals surface area contributed by atoms with E-state index in [1.54, 1.807) is 0 Å². The first kappa shape index (κ1) is 13.1. The van der Waals surface area contributed by atoms with Gasteiger partial charge in [-0.1, -0.05) is 24.3 Å². The van der Waals surface area contributed by atoms with Crippen LogP contribution in [0, 0.1) is 5.92 Å². The summed E-state index contributed by atoms with van der Waals surface area (Å²) in [6.45, 7) is 3.56. The Labute approximate surface area is 107 Å².